The highest BCUT2D eigenvalue weighted by molar-refractivity contribution is 5.91. The van der Waals surface area contributed by atoms with Crippen molar-refractivity contribution in [3.63, 3.8) is 0 Å². The maximum absolute atomic E-state index is 12.8. The number of amides is 1. The van der Waals surface area contributed by atoms with Crippen molar-refractivity contribution in [2.75, 3.05) is 26.7 Å². The maximum atomic E-state index is 12.8. The van der Waals surface area contributed by atoms with Gasteiger partial charge in [-0.25, -0.2) is 4.98 Å². The highest BCUT2D eigenvalue weighted by Crippen LogP contribution is 2.30. The number of hydrogen-bond donors (Lipinski definition) is 1. The number of imidazole rings is 1. The second kappa shape index (κ2) is 6.19. The molecule has 1 amide bonds. The van der Waals surface area contributed by atoms with Gasteiger partial charge in [-0.15, -0.1) is 0 Å². The lowest BCUT2D eigenvalue weighted by Gasteiger charge is -2.36. The zero-order chi connectivity index (χ0) is 15.5. The monoisotopic (exact) mass is 300 g/mol. The fourth-order valence-electron chi connectivity index (χ4n) is 2.87. The van der Waals surface area contributed by atoms with Crippen LogP contribution in [0.5, 0.6) is 5.75 Å². The van der Waals surface area contributed by atoms with Crippen LogP contribution in [0.15, 0.2) is 36.7 Å². The lowest BCUT2D eigenvalue weighted by atomic mass is 10.0. The largest absolute Gasteiger partial charge is 0.496 e. The molecule has 1 N–H and O–H groups in total. The van der Waals surface area contributed by atoms with Gasteiger partial charge >= 0.3 is 0 Å². The van der Waals surface area contributed by atoms with Gasteiger partial charge in [0, 0.05) is 44.6 Å². The molecule has 2 aromatic rings. The third-order valence-corrected chi connectivity index (χ3v) is 4.01. The molecule has 1 aromatic heterocycles. The van der Waals surface area contributed by atoms with Crippen LogP contribution < -0.4 is 10.1 Å². The molecule has 1 aliphatic heterocycles. The Morgan fingerprint density at radius 1 is 1.41 bits per heavy atom. The normalized spacial score (nSPS) is 18.3. The molecule has 1 unspecified atom stereocenters. The Morgan fingerprint density at radius 3 is 2.95 bits per heavy atom. The molecule has 6 nitrogen and oxygen atoms in total. The molecule has 0 radical (unpaired) electrons. The number of aromatic nitrogens is 2. The van der Waals surface area contributed by atoms with E-state index in [4.69, 9.17) is 4.74 Å². The minimum atomic E-state index is -0.0610. The molecule has 1 fully saturated rings. The van der Waals surface area contributed by atoms with Crippen LogP contribution in [0.1, 0.15) is 22.2 Å². The van der Waals surface area contributed by atoms with Crippen LogP contribution in [0.3, 0.4) is 0 Å². The molecule has 1 atom stereocenters. The molecular formula is C16H20N4O2. The van der Waals surface area contributed by atoms with Gasteiger partial charge in [0.25, 0.3) is 5.91 Å². The van der Waals surface area contributed by atoms with Crippen molar-refractivity contribution in [1.29, 1.82) is 0 Å². The molecule has 0 spiro atoms. The summed E-state index contributed by atoms with van der Waals surface area (Å²) in [6.45, 7) is 2.13. The lowest BCUT2D eigenvalue weighted by molar-refractivity contribution is 0.0615. The van der Waals surface area contributed by atoms with E-state index in [1.54, 1.807) is 24.1 Å². The number of aryl methyl sites for hydroxylation is 1. The van der Waals surface area contributed by atoms with Crippen molar-refractivity contribution < 1.29 is 9.53 Å². The zero-order valence-corrected chi connectivity index (χ0v) is 12.8. The number of para-hydroxylation sites is 1. The molecule has 22 heavy (non-hydrogen) atoms. The van der Waals surface area contributed by atoms with Crippen molar-refractivity contribution in [2.45, 2.75) is 6.04 Å². The van der Waals surface area contributed by atoms with Crippen LogP contribution in [-0.2, 0) is 7.05 Å². The van der Waals surface area contributed by atoms with Crippen LogP contribution in [0.4, 0.5) is 0 Å². The van der Waals surface area contributed by atoms with Crippen molar-refractivity contribution >= 4 is 5.91 Å². The van der Waals surface area contributed by atoms with E-state index >= 15 is 0 Å². The van der Waals surface area contributed by atoms with E-state index in [2.05, 4.69) is 10.3 Å². The maximum Gasteiger partial charge on any atom is 0.290 e. The number of benzene rings is 1. The van der Waals surface area contributed by atoms with Gasteiger partial charge in [0.05, 0.1) is 13.2 Å². The predicted molar refractivity (Wildman–Crippen MR) is 82.8 cm³/mol. The molecule has 116 valence electrons. The minimum Gasteiger partial charge on any atom is -0.496 e. The van der Waals surface area contributed by atoms with E-state index in [9.17, 15) is 4.79 Å². The first-order valence-corrected chi connectivity index (χ1v) is 7.34. The highest BCUT2D eigenvalue weighted by atomic mass is 16.5. The van der Waals surface area contributed by atoms with Gasteiger partial charge in [0.2, 0.25) is 0 Å². The van der Waals surface area contributed by atoms with Gasteiger partial charge in [-0.1, -0.05) is 18.2 Å². The summed E-state index contributed by atoms with van der Waals surface area (Å²) in [4.78, 5) is 18.9. The standard InChI is InChI=1S/C16H20N4O2/c1-19-9-8-18-15(19)16(21)20-10-7-17-11-13(20)12-5-3-4-6-14(12)22-2/h3-6,8-9,13,17H,7,10-11H2,1-2H3. The summed E-state index contributed by atoms with van der Waals surface area (Å²) in [5, 5.41) is 3.35. The predicted octanol–water partition coefficient (Wildman–Crippen LogP) is 1.22. The van der Waals surface area contributed by atoms with Crippen LogP contribution in [-0.4, -0.2) is 47.1 Å². The number of rotatable bonds is 3. The van der Waals surface area contributed by atoms with Gasteiger partial charge in [-0.2, -0.15) is 0 Å². The summed E-state index contributed by atoms with van der Waals surface area (Å²) < 4.78 is 7.21. The van der Waals surface area contributed by atoms with Gasteiger partial charge in [0.15, 0.2) is 5.82 Å². The second-order valence-corrected chi connectivity index (χ2v) is 5.32. The quantitative estimate of drug-likeness (QED) is 0.926. The third-order valence-electron chi connectivity index (χ3n) is 4.01. The Balaban J connectivity index is 1.95. The molecule has 6 heteroatoms. The fourth-order valence-corrected chi connectivity index (χ4v) is 2.87. The highest BCUT2D eigenvalue weighted by Gasteiger charge is 2.31. The number of piperazine rings is 1. The smallest absolute Gasteiger partial charge is 0.290 e. The number of nitrogens with zero attached hydrogens (tertiary/aromatic N) is 3. The van der Waals surface area contributed by atoms with E-state index < -0.39 is 0 Å². The summed E-state index contributed by atoms with van der Waals surface area (Å²) in [5.41, 5.74) is 1.01. The SMILES string of the molecule is COc1ccccc1C1CNCCN1C(=O)c1nccn1C. The molecule has 0 saturated carbocycles. The Bertz CT molecular complexity index is 668. The van der Waals surface area contributed by atoms with Gasteiger partial charge in [-0.3, -0.25) is 4.79 Å². The molecule has 2 heterocycles. The summed E-state index contributed by atoms with van der Waals surface area (Å²) in [5.74, 6) is 1.21. The first kappa shape index (κ1) is 14.6. The average Bonchev–Trinajstić information content (AvgIpc) is 3.00. The van der Waals surface area contributed by atoms with Gasteiger partial charge in [0.1, 0.15) is 5.75 Å². The lowest BCUT2D eigenvalue weighted by Crippen LogP contribution is -2.49. The van der Waals surface area contributed by atoms with Crippen molar-refractivity contribution in [3.8, 4) is 5.75 Å². The molecular weight excluding hydrogens is 280 g/mol. The van der Waals surface area contributed by atoms with E-state index in [1.807, 2.05) is 36.2 Å². The third kappa shape index (κ3) is 2.57. The van der Waals surface area contributed by atoms with E-state index in [0.29, 0.717) is 18.9 Å². The van der Waals surface area contributed by atoms with Gasteiger partial charge < -0.3 is 19.5 Å². The zero-order valence-electron chi connectivity index (χ0n) is 12.8. The number of methoxy groups -OCH3 is 1. The Morgan fingerprint density at radius 2 is 2.23 bits per heavy atom. The topological polar surface area (TPSA) is 59.4 Å². The second-order valence-electron chi connectivity index (χ2n) is 5.32. The Labute approximate surface area is 129 Å². The van der Waals surface area contributed by atoms with Crippen LogP contribution >= 0.6 is 0 Å². The first-order valence-electron chi connectivity index (χ1n) is 7.34. The van der Waals surface area contributed by atoms with Gasteiger partial charge in [-0.05, 0) is 6.07 Å². The summed E-state index contributed by atoms with van der Waals surface area (Å²) in [7, 11) is 3.49. The van der Waals surface area contributed by atoms with E-state index in [1.165, 1.54) is 0 Å². The van der Waals surface area contributed by atoms with Crippen LogP contribution in [0.25, 0.3) is 0 Å². The number of nitrogens with one attached hydrogen (secondary N) is 1. The average molecular weight is 300 g/mol. The molecule has 1 saturated heterocycles. The van der Waals surface area contributed by atoms with Crippen LogP contribution in [0.2, 0.25) is 0 Å². The van der Waals surface area contributed by atoms with Crippen molar-refractivity contribution in [1.82, 2.24) is 19.8 Å². The van der Waals surface area contributed by atoms with Crippen molar-refractivity contribution in [3.05, 3.63) is 48.0 Å². The molecule has 1 aliphatic rings. The number of carbonyl (C=O) groups excluding carboxylic acids is 1. The number of hydrogen-bond acceptors (Lipinski definition) is 4. The first-order chi connectivity index (χ1) is 10.7. The fraction of sp³-hybridized carbons (Fsp3) is 0.375. The number of carbonyl (C=O) groups is 1. The summed E-state index contributed by atoms with van der Waals surface area (Å²) >= 11 is 0. The van der Waals surface area contributed by atoms with Crippen LogP contribution in [0, 0.1) is 0 Å². The molecule has 0 bridgehead atoms. The molecule has 0 aliphatic carbocycles. The molecule has 3 rings (SSSR count). The van der Waals surface area contributed by atoms with Crippen molar-refractivity contribution in [2.24, 2.45) is 7.05 Å². The Kier molecular flexibility index (Phi) is 4.11. The molecule has 1 aromatic carbocycles. The number of ether oxygens (including phenoxy) is 1. The van der Waals surface area contributed by atoms with E-state index in [-0.39, 0.29) is 11.9 Å². The minimum absolute atomic E-state index is 0.0510. The summed E-state index contributed by atoms with van der Waals surface area (Å²) in [6.07, 6.45) is 3.43. The summed E-state index contributed by atoms with van der Waals surface area (Å²) in [6, 6.07) is 7.77. The Hall–Kier alpha value is -2.34. The van der Waals surface area contributed by atoms with E-state index in [0.717, 1.165) is 17.9 Å².